The van der Waals surface area contributed by atoms with Gasteiger partial charge in [0.15, 0.2) is 0 Å². The zero-order valence-electron chi connectivity index (χ0n) is 10.6. The Hall–Kier alpha value is -1.73. The number of nitrogens with one attached hydrogen (secondary N) is 1. The minimum absolute atomic E-state index is 0.0166. The second-order valence-corrected chi connectivity index (χ2v) is 5.56. The molecule has 0 spiro atoms. The summed E-state index contributed by atoms with van der Waals surface area (Å²) < 4.78 is 0. The lowest BCUT2D eigenvalue weighted by molar-refractivity contribution is -0.385. The van der Waals surface area contributed by atoms with Gasteiger partial charge < -0.3 is 10.2 Å². The molecule has 2 saturated heterocycles. The molecular formula is C12H13ClN4O3. The first kappa shape index (κ1) is 13.3. The number of hydrogen-bond acceptors (Lipinski definition) is 5. The molecule has 3 heterocycles. The normalized spacial score (nSPS) is 24.8. The summed E-state index contributed by atoms with van der Waals surface area (Å²) in [5.41, 5.74) is -0.280. The molecule has 1 amide bonds. The lowest BCUT2D eigenvalue weighted by Gasteiger charge is -2.17. The fourth-order valence-electron chi connectivity index (χ4n) is 2.93. The number of nitrogens with zero attached hydrogens (tertiary/aromatic N) is 3. The van der Waals surface area contributed by atoms with Crippen LogP contribution in [0.5, 0.6) is 0 Å². The summed E-state index contributed by atoms with van der Waals surface area (Å²) in [5, 5.41) is 14.4. The van der Waals surface area contributed by atoms with Crippen LogP contribution in [0.25, 0.3) is 0 Å². The zero-order chi connectivity index (χ0) is 14.3. The third kappa shape index (κ3) is 2.23. The molecule has 20 heavy (non-hydrogen) atoms. The fourth-order valence-corrected chi connectivity index (χ4v) is 3.09. The van der Waals surface area contributed by atoms with Crippen molar-refractivity contribution in [3.8, 4) is 0 Å². The largest absolute Gasteiger partial charge is 0.338 e. The lowest BCUT2D eigenvalue weighted by Crippen LogP contribution is -2.32. The van der Waals surface area contributed by atoms with Crippen LogP contribution in [-0.2, 0) is 0 Å². The number of carbonyl (C=O) groups is 1. The van der Waals surface area contributed by atoms with Crippen LogP contribution in [0, 0.1) is 22.0 Å². The van der Waals surface area contributed by atoms with E-state index in [0.717, 1.165) is 19.3 Å². The molecule has 0 radical (unpaired) electrons. The number of carbonyl (C=O) groups excluding carboxylic acids is 1. The Labute approximate surface area is 120 Å². The highest BCUT2D eigenvalue weighted by atomic mass is 35.5. The van der Waals surface area contributed by atoms with E-state index in [1.54, 1.807) is 4.90 Å². The highest BCUT2D eigenvalue weighted by molar-refractivity contribution is 6.29. The molecule has 2 atom stereocenters. The summed E-state index contributed by atoms with van der Waals surface area (Å²) in [6, 6.07) is 1.27. The Bertz CT molecular complexity index is 568. The fraction of sp³-hybridized carbons (Fsp3) is 0.500. The monoisotopic (exact) mass is 296 g/mol. The Balaban J connectivity index is 1.87. The minimum atomic E-state index is -0.602. The van der Waals surface area contributed by atoms with E-state index in [4.69, 9.17) is 11.6 Å². The molecule has 0 bridgehead atoms. The highest BCUT2D eigenvalue weighted by Crippen LogP contribution is 2.29. The Morgan fingerprint density at radius 2 is 2.10 bits per heavy atom. The SMILES string of the molecule is O=C(c1cc(Cl)ncc1[N+](=O)[O-])N1CC2CNCC2C1. The van der Waals surface area contributed by atoms with Gasteiger partial charge >= 0.3 is 0 Å². The molecule has 0 aromatic carbocycles. The van der Waals surface area contributed by atoms with Gasteiger partial charge in [0.1, 0.15) is 16.9 Å². The van der Waals surface area contributed by atoms with Gasteiger partial charge in [-0.15, -0.1) is 0 Å². The molecule has 2 aliphatic rings. The summed E-state index contributed by atoms with van der Waals surface area (Å²) in [7, 11) is 0. The lowest BCUT2D eigenvalue weighted by atomic mass is 10.0. The maximum absolute atomic E-state index is 12.5. The Morgan fingerprint density at radius 3 is 2.70 bits per heavy atom. The number of halogens is 1. The molecule has 0 aliphatic carbocycles. The average Bonchev–Trinajstić information content (AvgIpc) is 2.97. The predicted molar refractivity (Wildman–Crippen MR) is 71.7 cm³/mol. The van der Waals surface area contributed by atoms with Crippen molar-refractivity contribution in [2.24, 2.45) is 11.8 Å². The molecule has 0 saturated carbocycles. The van der Waals surface area contributed by atoms with E-state index in [-0.39, 0.29) is 22.3 Å². The number of fused-ring (bicyclic) bond motifs is 1. The third-order valence-electron chi connectivity index (χ3n) is 3.95. The van der Waals surface area contributed by atoms with Gasteiger partial charge in [0.2, 0.25) is 0 Å². The van der Waals surface area contributed by atoms with Crippen LogP contribution in [0.1, 0.15) is 10.4 Å². The van der Waals surface area contributed by atoms with Crippen LogP contribution < -0.4 is 5.32 Å². The van der Waals surface area contributed by atoms with Crippen molar-refractivity contribution in [2.75, 3.05) is 26.2 Å². The van der Waals surface area contributed by atoms with Gasteiger partial charge in [-0.2, -0.15) is 0 Å². The van der Waals surface area contributed by atoms with Crippen LogP contribution in [0.4, 0.5) is 5.69 Å². The van der Waals surface area contributed by atoms with Gasteiger partial charge in [-0.25, -0.2) is 4.98 Å². The quantitative estimate of drug-likeness (QED) is 0.498. The van der Waals surface area contributed by atoms with Crippen molar-refractivity contribution in [3.05, 3.63) is 33.1 Å². The predicted octanol–water partition coefficient (Wildman–Crippen LogP) is 0.935. The standard InChI is InChI=1S/C12H13ClN4O3/c13-11-1-9(10(4-15-11)17(19)20)12(18)16-5-7-2-14-3-8(7)6-16/h1,4,7-8,14H,2-3,5-6H2. The van der Waals surface area contributed by atoms with Gasteiger partial charge in [-0.05, 0) is 17.9 Å². The summed E-state index contributed by atoms with van der Waals surface area (Å²) in [5.74, 6) is 0.543. The molecule has 1 aromatic rings. The second kappa shape index (κ2) is 4.99. The molecular weight excluding hydrogens is 284 g/mol. The van der Waals surface area contributed by atoms with Gasteiger partial charge in [0, 0.05) is 26.2 Å². The van der Waals surface area contributed by atoms with E-state index >= 15 is 0 Å². The third-order valence-corrected chi connectivity index (χ3v) is 4.16. The number of pyridine rings is 1. The summed E-state index contributed by atoms with van der Waals surface area (Å²) >= 11 is 5.75. The first-order chi connectivity index (χ1) is 9.56. The van der Waals surface area contributed by atoms with E-state index in [9.17, 15) is 14.9 Å². The van der Waals surface area contributed by atoms with E-state index in [2.05, 4.69) is 10.3 Å². The average molecular weight is 297 g/mol. The number of rotatable bonds is 2. The summed E-state index contributed by atoms with van der Waals surface area (Å²) in [6.45, 7) is 3.06. The molecule has 7 nitrogen and oxygen atoms in total. The van der Waals surface area contributed by atoms with Crippen LogP contribution in [0.15, 0.2) is 12.3 Å². The van der Waals surface area contributed by atoms with Gasteiger partial charge in [0.05, 0.1) is 4.92 Å². The molecule has 2 unspecified atom stereocenters. The summed E-state index contributed by atoms with van der Waals surface area (Å²) in [6.07, 6.45) is 1.04. The van der Waals surface area contributed by atoms with Gasteiger partial charge in [0.25, 0.3) is 11.6 Å². The van der Waals surface area contributed by atoms with Crippen molar-refractivity contribution < 1.29 is 9.72 Å². The first-order valence-electron chi connectivity index (χ1n) is 6.36. The van der Waals surface area contributed by atoms with E-state index in [0.29, 0.717) is 24.9 Å². The Morgan fingerprint density at radius 1 is 1.45 bits per heavy atom. The van der Waals surface area contributed by atoms with E-state index in [1.807, 2.05) is 0 Å². The Kier molecular flexibility index (Phi) is 3.31. The number of amides is 1. The smallest absolute Gasteiger partial charge is 0.300 e. The minimum Gasteiger partial charge on any atom is -0.338 e. The zero-order valence-corrected chi connectivity index (χ0v) is 11.3. The van der Waals surface area contributed by atoms with Crippen LogP contribution in [0.2, 0.25) is 5.15 Å². The number of aromatic nitrogens is 1. The van der Waals surface area contributed by atoms with Crippen molar-refractivity contribution in [1.29, 1.82) is 0 Å². The maximum Gasteiger partial charge on any atom is 0.300 e. The van der Waals surface area contributed by atoms with E-state index < -0.39 is 4.92 Å². The molecule has 2 fully saturated rings. The number of likely N-dealkylation sites (tertiary alicyclic amines) is 1. The van der Waals surface area contributed by atoms with Crippen LogP contribution in [0.3, 0.4) is 0 Å². The van der Waals surface area contributed by atoms with Crippen LogP contribution in [-0.4, -0.2) is 46.9 Å². The van der Waals surface area contributed by atoms with Gasteiger partial charge in [-0.3, -0.25) is 14.9 Å². The molecule has 2 aliphatic heterocycles. The highest BCUT2D eigenvalue weighted by Gasteiger charge is 2.39. The molecule has 1 aromatic heterocycles. The summed E-state index contributed by atoms with van der Waals surface area (Å²) in [4.78, 5) is 28.2. The molecule has 1 N–H and O–H groups in total. The number of nitro groups is 1. The second-order valence-electron chi connectivity index (χ2n) is 5.17. The number of hydrogen-bond donors (Lipinski definition) is 1. The molecule has 106 valence electrons. The van der Waals surface area contributed by atoms with Crippen molar-refractivity contribution in [1.82, 2.24) is 15.2 Å². The first-order valence-corrected chi connectivity index (χ1v) is 6.74. The van der Waals surface area contributed by atoms with E-state index in [1.165, 1.54) is 6.07 Å². The van der Waals surface area contributed by atoms with Crippen molar-refractivity contribution >= 4 is 23.2 Å². The maximum atomic E-state index is 12.5. The van der Waals surface area contributed by atoms with Crippen molar-refractivity contribution in [3.63, 3.8) is 0 Å². The molecule has 3 rings (SSSR count). The topological polar surface area (TPSA) is 88.4 Å². The van der Waals surface area contributed by atoms with Gasteiger partial charge in [-0.1, -0.05) is 11.6 Å². The molecule has 8 heteroatoms. The van der Waals surface area contributed by atoms with Crippen LogP contribution >= 0.6 is 11.6 Å². The van der Waals surface area contributed by atoms with Crippen molar-refractivity contribution in [2.45, 2.75) is 0 Å².